The second-order valence-corrected chi connectivity index (χ2v) is 11.8. The normalized spacial score (nSPS) is 12.2. The van der Waals surface area contributed by atoms with Crippen LogP contribution in [0.4, 0.5) is 5.69 Å². The number of benzene rings is 3. The third-order valence-corrected chi connectivity index (χ3v) is 8.58. The molecule has 0 aliphatic heterocycles. The topological polar surface area (TPSA) is 117 Å². The van der Waals surface area contributed by atoms with Crippen molar-refractivity contribution < 1.29 is 23.1 Å². The summed E-state index contributed by atoms with van der Waals surface area (Å²) in [6.07, 6.45) is 4.57. The number of aliphatic carboxylic acids is 1. The van der Waals surface area contributed by atoms with Crippen molar-refractivity contribution in [3.8, 4) is 0 Å². The van der Waals surface area contributed by atoms with E-state index in [4.69, 9.17) is 23.2 Å². The Kier molecular flexibility index (Phi) is 9.29. The summed E-state index contributed by atoms with van der Waals surface area (Å²) in [5, 5.41) is 14.3. The Balaban J connectivity index is 1.78. The molecule has 4 aromatic rings. The third-order valence-electron chi connectivity index (χ3n) is 6.33. The number of sulfonamides is 1. The van der Waals surface area contributed by atoms with Crippen molar-refractivity contribution in [1.29, 1.82) is 0 Å². The average Bonchev–Trinajstić information content (AvgIpc) is 2.93. The lowest BCUT2D eigenvalue weighted by Crippen LogP contribution is -2.45. The van der Waals surface area contributed by atoms with Crippen molar-refractivity contribution >= 4 is 61.6 Å². The average molecular weight is 601 g/mol. The van der Waals surface area contributed by atoms with E-state index in [1.807, 2.05) is 13.0 Å². The fourth-order valence-corrected chi connectivity index (χ4v) is 6.76. The van der Waals surface area contributed by atoms with Gasteiger partial charge in [0, 0.05) is 34.5 Å². The minimum Gasteiger partial charge on any atom is -0.480 e. The lowest BCUT2D eigenvalue weighted by Gasteiger charge is -2.30. The van der Waals surface area contributed by atoms with Gasteiger partial charge in [0.1, 0.15) is 6.04 Å². The van der Waals surface area contributed by atoms with Crippen molar-refractivity contribution in [3.63, 3.8) is 0 Å². The van der Waals surface area contributed by atoms with Gasteiger partial charge in [-0.15, -0.1) is 0 Å². The van der Waals surface area contributed by atoms with Crippen molar-refractivity contribution in [1.82, 2.24) is 10.3 Å². The molecular formula is C29H27Cl2N3O5S. The lowest BCUT2D eigenvalue weighted by molar-refractivity contribution is -0.138. The maximum absolute atomic E-state index is 14.0. The van der Waals surface area contributed by atoms with E-state index in [1.54, 1.807) is 48.8 Å². The number of nitrogens with one attached hydrogen (secondary N) is 1. The number of halogens is 2. The number of carbonyl (C=O) groups excluding carboxylic acids is 1. The molecule has 3 aromatic carbocycles. The maximum Gasteiger partial charge on any atom is 0.327 e. The molecule has 0 saturated carbocycles. The number of pyridine rings is 1. The van der Waals surface area contributed by atoms with Gasteiger partial charge < -0.3 is 10.4 Å². The highest BCUT2D eigenvalue weighted by atomic mass is 35.5. The molecule has 0 bridgehead atoms. The molecule has 208 valence electrons. The molecule has 4 rings (SSSR count). The second kappa shape index (κ2) is 12.7. The molecule has 8 nitrogen and oxygen atoms in total. The molecule has 1 amide bonds. The largest absolute Gasteiger partial charge is 0.480 e. The third kappa shape index (κ3) is 6.55. The molecule has 1 heterocycles. The van der Waals surface area contributed by atoms with Crippen LogP contribution < -0.4 is 9.62 Å². The highest BCUT2D eigenvalue weighted by Gasteiger charge is 2.36. The highest BCUT2D eigenvalue weighted by Crippen LogP contribution is 2.34. The van der Waals surface area contributed by atoms with Crippen molar-refractivity contribution in [2.75, 3.05) is 4.31 Å². The van der Waals surface area contributed by atoms with Gasteiger partial charge in [-0.3, -0.25) is 14.1 Å². The molecule has 1 atom stereocenters. The van der Waals surface area contributed by atoms with Crippen molar-refractivity contribution in [2.24, 2.45) is 0 Å². The molecule has 0 fully saturated rings. The summed E-state index contributed by atoms with van der Waals surface area (Å²) in [4.78, 5) is 29.3. The minimum absolute atomic E-state index is 0.0915. The van der Waals surface area contributed by atoms with Crippen molar-refractivity contribution in [2.45, 2.75) is 43.7 Å². The quantitative estimate of drug-likeness (QED) is 0.208. The van der Waals surface area contributed by atoms with Gasteiger partial charge in [-0.1, -0.05) is 67.2 Å². The van der Waals surface area contributed by atoms with Crippen LogP contribution in [0, 0.1) is 0 Å². The first-order chi connectivity index (χ1) is 19.1. The molecule has 1 unspecified atom stereocenters. The molecule has 0 radical (unpaired) electrons. The number of aromatic nitrogens is 1. The van der Waals surface area contributed by atoms with Gasteiger partial charge in [0.2, 0.25) is 0 Å². The predicted octanol–water partition coefficient (Wildman–Crippen LogP) is 6.31. The summed E-state index contributed by atoms with van der Waals surface area (Å²) in [5.41, 5.74) is 1.37. The maximum atomic E-state index is 14.0. The number of fused-ring (bicyclic) bond motifs is 1. The number of rotatable bonds is 11. The van der Waals surface area contributed by atoms with E-state index in [0.29, 0.717) is 29.2 Å². The fraction of sp³-hybridized carbons (Fsp3) is 0.207. The van der Waals surface area contributed by atoms with Gasteiger partial charge in [0.15, 0.2) is 0 Å². The molecule has 2 N–H and O–H groups in total. The fourth-order valence-electron chi connectivity index (χ4n) is 4.40. The summed E-state index contributed by atoms with van der Waals surface area (Å²) < 4.78 is 28.8. The van der Waals surface area contributed by atoms with E-state index in [-0.39, 0.29) is 39.5 Å². The van der Waals surface area contributed by atoms with Gasteiger partial charge in [-0.05, 0) is 65.2 Å². The van der Waals surface area contributed by atoms with Crippen LogP contribution in [0.25, 0.3) is 10.8 Å². The summed E-state index contributed by atoms with van der Waals surface area (Å²) in [6, 6.07) is 15.9. The zero-order chi connectivity index (χ0) is 28.9. The smallest absolute Gasteiger partial charge is 0.327 e. The standard InChI is InChI=1S/C29H27Cl2N3O5S/c1-2-3-9-27(29(36)37)34(40(38,39)24-15-21(30)14-22(31)16-24)23-10-11-25-20(13-23)7-4-8-26(25)28(35)33-18-19-6-5-12-32-17-19/h4-8,10-17,27H,2-3,9,18H2,1H3,(H,33,35)(H,36,37). The Bertz CT molecular complexity index is 1630. The van der Waals surface area contributed by atoms with Crippen molar-refractivity contribution in [3.05, 3.63) is 100 Å². The number of hydrogen-bond acceptors (Lipinski definition) is 5. The number of carboxylic acid groups (broad SMARTS) is 1. The number of carbonyl (C=O) groups is 2. The first-order valence-corrected chi connectivity index (χ1v) is 14.7. The Morgan fingerprint density at radius 3 is 2.42 bits per heavy atom. The van der Waals surface area contributed by atoms with Crippen LogP contribution in [-0.2, 0) is 21.4 Å². The van der Waals surface area contributed by atoms with Crippen LogP contribution in [0.5, 0.6) is 0 Å². The van der Waals surface area contributed by atoms with Gasteiger partial charge in [0.05, 0.1) is 10.6 Å². The first kappa shape index (κ1) is 29.3. The number of nitrogens with zero attached hydrogens (tertiary/aromatic N) is 2. The van der Waals surface area contributed by atoms with Crippen LogP contribution >= 0.6 is 23.2 Å². The van der Waals surface area contributed by atoms with Crippen LogP contribution in [0.15, 0.2) is 84.0 Å². The lowest BCUT2D eigenvalue weighted by atomic mass is 10.0. The monoisotopic (exact) mass is 599 g/mol. The molecule has 40 heavy (non-hydrogen) atoms. The zero-order valence-electron chi connectivity index (χ0n) is 21.6. The highest BCUT2D eigenvalue weighted by molar-refractivity contribution is 7.93. The first-order valence-electron chi connectivity index (χ1n) is 12.5. The van der Waals surface area contributed by atoms with Crippen LogP contribution in [0.1, 0.15) is 42.1 Å². The van der Waals surface area contributed by atoms with E-state index in [0.717, 1.165) is 9.87 Å². The van der Waals surface area contributed by atoms with E-state index >= 15 is 0 Å². The Morgan fingerprint density at radius 2 is 1.77 bits per heavy atom. The predicted molar refractivity (Wildman–Crippen MR) is 156 cm³/mol. The molecule has 0 aliphatic rings. The van der Waals surface area contributed by atoms with Crippen LogP contribution in [0.2, 0.25) is 10.0 Å². The summed E-state index contributed by atoms with van der Waals surface area (Å²) in [5.74, 6) is -1.60. The molecule has 11 heteroatoms. The number of amides is 1. The van der Waals surface area contributed by atoms with E-state index in [2.05, 4.69) is 10.3 Å². The second-order valence-electron chi connectivity index (χ2n) is 9.16. The molecule has 0 aliphatic carbocycles. The molecule has 1 aromatic heterocycles. The van der Waals surface area contributed by atoms with Gasteiger partial charge in [-0.2, -0.15) is 0 Å². The van der Waals surface area contributed by atoms with E-state index < -0.39 is 22.0 Å². The number of anilines is 1. The van der Waals surface area contributed by atoms with Gasteiger partial charge in [0.25, 0.3) is 15.9 Å². The Hall–Kier alpha value is -3.66. The summed E-state index contributed by atoms with van der Waals surface area (Å²) >= 11 is 12.2. The number of unbranched alkanes of at least 4 members (excludes halogenated alkanes) is 1. The molecule has 0 spiro atoms. The van der Waals surface area contributed by atoms with Crippen LogP contribution in [0.3, 0.4) is 0 Å². The summed E-state index contributed by atoms with van der Waals surface area (Å²) in [7, 11) is -4.41. The Morgan fingerprint density at radius 1 is 1.02 bits per heavy atom. The minimum atomic E-state index is -4.41. The van der Waals surface area contributed by atoms with Gasteiger partial charge in [-0.25, -0.2) is 13.2 Å². The van der Waals surface area contributed by atoms with Crippen LogP contribution in [-0.4, -0.2) is 36.4 Å². The molecular weight excluding hydrogens is 573 g/mol. The van der Waals surface area contributed by atoms with E-state index in [9.17, 15) is 23.1 Å². The number of carboxylic acids is 1. The van der Waals surface area contributed by atoms with E-state index in [1.165, 1.54) is 24.3 Å². The SMILES string of the molecule is CCCCC(C(=O)O)N(c1ccc2c(C(=O)NCc3cccnc3)cccc2c1)S(=O)(=O)c1cc(Cl)cc(Cl)c1. The Labute approximate surface area is 242 Å². The number of hydrogen-bond donors (Lipinski definition) is 2. The summed E-state index contributed by atoms with van der Waals surface area (Å²) in [6.45, 7) is 2.18. The van der Waals surface area contributed by atoms with Gasteiger partial charge >= 0.3 is 5.97 Å². The molecule has 0 saturated heterocycles. The zero-order valence-corrected chi connectivity index (χ0v) is 23.9.